The Balaban J connectivity index is 0.00000243. The number of morpholine rings is 1. The van der Waals surface area contributed by atoms with Gasteiger partial charge in [0.25, 0.3) is 0 Å². The highest BCUT2D eigenvalue weighted by Gasteiger charge is 2.10. The van der Waals surface area contributed by atoms with Gasteiger partial charge in [-0.2, -0.15) is 0 Å². The molecular weight excluding hydrogens is 346 g/mol. The predicted octanol–water partition coefficient (Wildman–Crippen LogP) is 4.38. The number of rotatable bonds is 9. The smallest absolute Gasteiger partial charge is 0.122 e. The minimum Gasteiger partial charge on any atom is -0.492 e. The molecule has 1 heterocycles. The fourth-order valence-electron chi connectivity index (χ4n) is 3.25. The van der Waals surface area contributed by atoms with Gasteiger partial charge >= 0.3 is 0 Å². The second-order valence-electron chi connectivity index (χ2n) is 6.60. The van der Waals surface area contributed by atoms with E-state index in [9.17, 15) is 0 Å². The van der Waals surface area contributed by atoms with E-state index in [1.165, 1.54) is 24.0 Å². The zero-order chi connectivity index (χ0) is 17.2. The Morgan fingerprint density at radius 2 is 1.54 bits per heavy atom. The Bertz CT molecular complexity index is 615. The molecule has 4 heteroatoms. The highest BCUT2D eigenvalue weighted by atomic mass is 35.5. The van der Waals surface area contributed by atoms with Gasteiger partial charge in [0.2, 0.25) is 0 Å². The molecule has 142 valence electrons. The van der Waals surface area contributed by atoms with Crippen LogP contribution in [-0.2, 0) is 17.6 Å². The van der Waals surface area contributed by atoms with Crippen LogP contribution in [0.3, 0.4) is 0 Å². The third-order valence-electron chi connectivity index (χ3n) is 4.75. The van der Waals surface area contributed by atoms with Crippen LogP contribution in [-0.4, -0.2) is 44.4 Å². The van der Waals surface area contributed by atoms with Crippen LogP contribution in [0.25, 0.3) is 0 Å². The molecule has 0 aliphatic carbocycles. The quantitative estimate of drug-likeness (QED) is 0.607. The Hall–Kier alpha value is -1.55. The molecule has 1 fully saturated rings. The summed E-state index contributed by atoms with van der Waals surface area (Å²) >= 11 is 0. The maximum absolute atomic E-state index is 6.07. The Morgan fingerprint density at radius 1 is 0.846 bits per heavy atom. The number of ether oxygens (including phenoxy) is 2. The van der Waals surface area contributed by atoms with Crippen molar-refractivity contribution in [3.63, 3.8) is 0 Å². The molecule has 0 bridgehead atoms. The third-order valence-corrected chi connectivity index (χ3v) is 4.75. The summed E-state index contributed by atoms with van der Waals surface area (Å²) in [5.74, 6) is 1.05. The number of para-hydroxylation sites is 1. The normalized spacial score (nSPS) is 14.6. The zero-order valence-electron chi connectivity index (χ0n) is 15.4. The van der Waals surface area contributed by atoms with E-state index in [1.54, 1.807) is 0 Å². The van der Waals surface area contributed by atoms with E-state index in [2.05, 4.69) is 59.5 Å². The van der Waals surface area contributed by atoms with Crippen LogP contribution in [0.15, 0.2) is 54.6 Å². The minimum absolute atomic E-state index is 0. The molecule has 2 aromatic carbocycles. The molecule has 0 aromatic heterocycles. The number of halogens is 1. The van der Waals surface area contributed by atoms with E-state index in [-0.39, 0.29) is 12.4 Å². The van der Waals surface area contributed by atoms with Crippen LogP contribution < -0.4 is 4.74 Å². The van der Waals surface area contributed by atoms with Crippen molar-refractivity contribution in [2.24, 2.45) is 0 Å². The molecule has 0 saturated carbocycles. The van der Waals surface area contributed by atoms with Gasteiger partial charge in [-0.3, -0.25) is 4.90 Å². The first-order valence-corrected chi connectivity index (χ1v) is 9.46. The SMILES string of the molecule is Cl.c1ccc(CCCCc2ccccc2OCCN2CCOCC2)cc1. The number of nitrogens with zero attached hydrogens (tertiary/aromatic N) is 1. The Morgan fingerprint density at radius 3 is 2.35 bits per heavy atom. The standard InChI is InChI=1S/C22H29NO2.ClH/c1-2-8-20(9-3-1)10-4-5-11-21-12-6-7-13-22(21)25-19-16-23-14-17-24-18-15-23;/h1-3,6-9,12-13H,4-5,10-11,14-19H2;1H. The van der Waals surface area contributed by atoms with Crippen molar-refractivity contribution >= 4 is 12.4 Å². The number of benzene rings is 2. The summed E-state index contributed by atoms with van der Waals surface area (Å²) in [7, 11) is 0. The van der Waals surface area contributed by atoms with Crippen LogP contribution in [0.4, 0.5) is 0 Å². The molecule has 0 spiro atoms. The van der Waals surface area contributed by atoms with E-state index in [0.717, 1.165) is 58.0 Å². The van der Waals surface area contributed by atoms with Gasteiger partial charge in [-0.1, -0.05) is 48.5 Å². The lowest BCUT2D eigenvalue weighted by Gasteiger charge is -2.26. The largest absolute Gasteiger partial charge is 0.492 e. The second-order valence-corrected chi connectivity index (χ2v) is 6.60. The predicted molar refractivity (Wildman–Crippen MR) is 110 cm³/mol. The first-order chi connectivity index (χ1) is 12.4. The molecule has 0 unspecified atom stereocenters. The molecule has 26 heavy (non-hydrogen) atoms. The fourth-order valence-corrected chi connectivity index (χ4v) is 3.25. The van der Waals surface area contributed by atoms with Gasteiger partial charge in [0.1, 0.15) is 12.4 Å². The minimum atomic E-state index is 0. The summed E-state index contributed by atoms with van der Waals surface area (Å²) in [6.45, 7) is 5.46. The van der Waals surface area contributed by atoms with E-state index in [4.69, 9.17) is 9.47 Å². The van der Waals surface area contributed by atoms with Crippen LogP contribution in [0.1, 0.15) is 24.0 Å². The number of hydrogen-bond donors (Lipinski definition) is 0. The topological polar surface area (TPSA) is 21.7 Å². The van der Waals surface area contributed by atoms with Gasteiger partial charge in [0.05, 0.1) is 13.2 Å². The number of unbranched alkanes of at least 4 members (excludes halogenated alkanes) is 1. The van der Waals surface area contributed by atoms with Crippen LogP contribution >= 0.6 is 12.4 Å². The average molecular weight is 376 g/mol. The first-order valence-electron chi connectivity index (χ1n) is 9.46. The summed E-state index contributed by atoms with van der Waals surface area (Å²) in [5, 5.41) is 0. The van der Waals surface area contributed by atoms with E-state index < -0.39 is 0 Å². The number of hydrogen-bond acceptors (Lipinski definition) is 3. The van der Waals surface area contributed by atoms with E-state index in [1.807, 2.05) is 0 Å². The van der Waals surface area contributed by atoms with Gasteiger partial charge in [0, 0.05) is 19.6 Å². The van der Waals surface area contributed by atoms with Crippen molar-refractivity contribution < 1.29 is 9.47 Å². The van der Waals surface area contributed by atoms with Gasteiger partial charge in [-0.15, -0.1) is 12.4 Å². The van der Waals surface area contributed by atoms with Gasteiger partial charge in [-0.25, -0.2) is 0 Å². The van der Waals surface area contributed by atoms with E-state index in [0.29, 0.717) is 0 Å². The maximum atomic E-state index is 6.07. The fraction of sp³-hybridized carbons (Fsp3) is 0.455. The summed E-state index contributed by atoms with van der Waals surface area (Å²) in [6.07, 6.45) is 4.65. The average Bonchev–Trinajstić information content (AvgIpc) is 2.68. The van der Waals surface area contributed by atoms with Crippen molar-refractivity contribution in [1.29, 1.82) is 0 Å². The first kappa shape index (κ1) is 20.8. The molecular formula is C22H30ClNO2. The molecule has 2 aromatic rings. The molecule has 3 nitrogen and oxygen atoms in total. The van der Waals surface area contributed by atoms with Gasteiger partial charge < -0.3 is 9.47 Å². The highest BCUT2D eigenvalue weighted by Crippen LogP contribution is 2.20. The van der Waals surface area contributed by atoms with Crippen molar-refractivity contribution in [2.75, 3.05) is 39.5 Å². The van der Waals surface area contributed by atoms with Crippen LogP contribution in [0.2, 0.25) is 0 Å². The zero-order valence-corrected chi connectivity index (χ0v) is 16.3. The molecule has 1 aliphatic rings. The third kappa shape index (κ3) is 6.99. The second kappa shape index (κ2) is 11.9. The molecule has 0 radical (unpaired) electrons. The molecule has 0 atom stereocenters. The summed E-state index contributed by atoms with van der Waals surface area (Å²) < 4.78 is 11.5. The Labute approximate surface area is 163 Å². The van der Waals surface area contributed by atoms with Crippen molar-refractivity contribution in [3.8, 4) is 5.75 Å². The molecule has 1 saturated heterocycles. The van der Waals surface area contributed by atoms with Crippen molar-refractivity contribution in [3.05, 3.63) is 65.7 Å². The lowest BCUT2D eigenvalue weighted by atomic mass is 10.0. The molecule has 1 aliphatic heterocycles. The van der Waals surface area contributed by atoms with Crippen molar-refractivity contribution in [1.82, 2.24) is 4.90 Å². The lowest BCUT2D eigenvalue weighted by Crippen LogP contribution is -2.38. The van der Waals surface area contributed by atoms with Crippen LogP contribution in [0, 0.1) is 0 Å². The maximum Gasteiger partial charge on any atom is 0.122 e. The molecule has 3 rings (SSSR count). The van der Waals surface area contributed by atoms with Crippen molar-refractivity contribution in [2.45, 2.75) is 25.7 Å². The monoisotopic (exact) mass is 375 g/mol. The summed E-state index contributed by atoms with van der Waals surface area (Å²) in [6, 6.07) is 19.2. The highest BCUT2D eigenvalue weighted by molar-refractivity contribution is 5.85. The van der Waals surface area contributed by atoms with E-state index >= 15 is 0 Å². The molecule has 0 amide bonds. The van der Waals surface area contributed by atoms with Gasteiger partial charge in [0.15, 0.2) is 0 Å². The molecule has 0 N–H and O–H groups in total. The lowest BCUT2D eigenvalue weighted by molar-refractivity contribution is 0.0322. The summed E-state index contributed by atoms with van der Waals surface area (Å²) in [4.78, 5) is 2.41. The van der Waals surface area contributed by atoms with Crippen LogP contribution in [0.5, 0.6) is 5.75 Å². The number of aryl methyl sites for hydroxylation is 2. The van der Waals surface area contributed by atoms with Gasteiger partial charge in [-0.05, 0) is 42.9 Å². The summed E-state index contributed by atoms with van der Waals surface area (Å²) in [5.41, 5.74) is 2.76. The Kier molecular flexibility index (Phi) is 9.54.